The average molecular weight is 231 g/mol. The molecule has 0 bridgehead atoms. The van der Waals surface area contributed by atoms with Gasteiger partial charge in [0.1, 0.15) is 5.82 Å². The molecule has 3 N–H and O–H groups in total. The van der Waals surface area contributed by atoms with E-state index >= 15 is 0 Å². The Hall–Kier alpha value is -2.10. The fraction of sp³-hybridized carbons (Fsp3) is 0.154. The second kappa shape index (κ2) is 4.82. The summed E-state index contributed by atoms with van der Waals surface area (Å²) < 4.78 is 13.9. The number of nitrogen functional groups attached to an aromatic ring is 1. The van der Waals surface area contributed by atoms with Crippen molar-refractivity contribution >= 4 is 11.4 Å². The summed E-state index contributed by atoms with van der Waals surface area (Å²) in [6.45, 7) is 2.61. The third-order valence-electron chi connectivity index (χ3n) is 2.46. The van der Waals surface area contributed by atoms with Crippen LogP contribution in [-0.4, -0.2) is 11.5 Å². The molecular weight excluding hydrogens is 217 g/mol. The summed E-state index contributed by atoms with van der Waals surface area (Å²) in [5.41, 5.74) is 7.98. The Bertz CT molecular complexity index is 512. The Morgan fingerprint density at radius 3 is 2.76 bits per heavy atom. The second-order valence-electron chi connectivity index (χ2n) is 3.63. The topological polar surface area (TPSA) is 50.9 Å². The molecule has 0 aliphatic rings. The highest BCUT2D eigenvalue weighted by Gasteiger charge is 2.14. The summed E-state index contributed by atoms with van der Waals surface area (Å²) in [4.78, 5) is 4.16. The summed E-state index contributed by atoms with van der Waals surface area (Å²) in [6, 6.07) is 8.29. The summed E-state index contributed by atoms with van der Waals surface area (Å²) >= 11 is 0. The van der Waals surface area contributed by atoms with Gasteiger partial charge in [-0.3, -0.25) is 4.98 Å². The lowest BCUT2D eigenvalue weighted by Gasteiger charge is -2.13. The number of anilines is 2. The number of nitrogens with zero attached hydrogens (tertiary/aromatic N) is 1. The first-order valence-electron chi connectivity index (χ1n) is 5.47. The van der Waals surface area contributed by atoms with E-state index < -0.39 is 0 Å². The molecule has 0 atom stereocenters. The van der Waals surface area contributed by atoms with E-state index in [4.69, 9.17) is 5.73 Å². The molecule has 0 spiro atoms. The summed E-state index contributed by atoms with van der Waals surface area (Å²) in [6.07, 6.45) is 1.63. The van der Waals surface area contributed by atoms with Gasteiger partial charge in [-0.2, -0.15) is 0 Å². The fourth-order valence-corrected chi connectivity index (χ4v) is 1.72. The van der Waals surface area contributed by atoms with E-state index in [1.54, 1.807) is 24.4 Å². The van der Waals surface area contributed by atoms with Crippen LogP contribution in [-0.2, 0) is 0 Å². The minimum Gasteiger partial charge on any atom is -0.397 e. The number of rotatable bonds is 3. The molecule has 2 aromatic rings. The van der Waals surface area contributed by atoms with Crippen LogP contribution in [0.15, 0.2) is 36.5 Å². The van der Waals surface area contributed by atoms with Gasteiger partial charge in [-0.05, 0) is 31.2 Å². The normalized spacial score (nSPS) is 10.2. The molecule has 0 saturated carbocycles. The molecule has 0 fully saturated rings. The molecule has 0 aliphatic heterocycles. The van der Waals surface area contributed by atoms with Crippen molar-refractivity contribution in [3.63, 3.8) is 0 Å². The van der Waals surface area contributed by atoms with Gasteiger partial charge in [0.05, 0.1) is 22.6 Å². The van der Waals surface area contributed by atoms with Crippen LogP contribution < -0.4 is 11.1 Å². The summed E-state index contributed by atoms with van der Waals surface area (Å²) in [5.74, 6) is -0.325. The van der Waals surface area contributed by atoms with E-state index in [0.717, 1.165) is 0 Å². The number of pyridine rings is 1. The van der Waals surface area contributed by atoms with E-state index in [9.17, 15) is 4.39 Å². The van der Waals surface area contributed by atoms with Crippen molar-refractivity contribution in [1.29, 1.82) is 0 Å². The van der Waals surface area contributed by atoms with Crippen molar-refractivity contribution in [3.05, 3.63) is 42.3 Å². The Morgan fingerprint density at radius 2 is 2.12 bits per heavy atom. The van der Waals surface area contributed by atoms with Crippen molar-refractivity contribution in [2.75, 3.05) is 17.6 Å². The van der Waals surface area contributed by atoms with Crippen LogP contribution in [0.1, 0.15) is 6.92 Å². The molecule has 0 radical (unpaired) electrons. The highest BCUT2D eigenvalue weighted by atomic mass is 19.1. The number of nitrogens with one attached hydrogen (secondary N) is 1. The lowest BCUT2D eigenvalue weighted by atomic mass is 10.1. The zero-order valence-electron chi connectivity index (χ0n) is 9.57. The van der Waals surface area contributed by atoms with Crippen LogP contribution in [0, 0.1) is 5.82 Å². The number of halogens is 1. The van der Waals surface area contributed by atoms with Gasteiger partial charge in [-0.25, -0.2) is 4.39 Å². The fourth-order valence-electron chi connectivity index (χ4n) is 1.72. The van der Waals surface area contributed by atoms with Gasteiger partial charge in [-0.1, -0.05) is 6.07 Å². The quantitative estimate of drug-likeness (QED) is 0.798. The van der Waals surface area contributed by atoms with Gasteiger partial charge < -0.3 is 11.1 Å². The molecule has 0 aliphatic carbocycles. The van der Waals surface area contributed by atoms with Gasteiger partial charge in [0.15, 0.2) is 0 Å². The molecule has 0 amide bonds. The second-order valence-corrected chi connectivity index (χ2v) is 3.63. The molecule has 3 nitrogen and oxygen atoms in total. The molecule has 1 aromatic heterocycles. The van der Waals surface area contributed by atoms with Crippen LogP contribution in [0.2, 0.25) is 0 Å². The molecule has 2 rings (SSSR count). The van der Waals surface area contributed by atoms with Crippen molar-refractivity contribution in [2.24, 2.45) is 0 Å². The number of benzene rings is 1. The smallest absolute Gasteiger partial charge is 0.134 e. The first-order valence-corrected chi connectivity index (χ1v) is 5.47. The lowest BCUT2D eigenvalue weighted by Crippen LogP contribution is -2.05. The minimum absolute atomic E-state index is 0.325. The maximum atomic E-state index is 13.9. The molecule has 17 heavy (non-hydrogen) atoms. The number of aromatic nitrogens is 1. The zero-order valence-corrected chi connectivity index (χ0v) is 9.57. The van der Waals surface area contributed by atoms with Crippen LogP contribution in [0.5, 0.6) is 0 Å². The maximum Gasteiger partial charge on any atom is 0.134 e. The Labute approximate surface area is 99.5 Å². The Morgan fingerprint density at radius 1 is 1.29 bits per heavy atom. The third kappa shape index (κ3) is 2.20. The highest BCUT2D eigenvalue weighted by Crippen LogP contribution is 2.33. The van der Waals surface area contributed by atoms with Crippen molar-refractivity contribution in [1.82, 2.24) is 4.98 Å². The van der Waals surface area contributed by atoms with Crippen LogP contribution in [0.3, 0.4) is 0 Å². The first kappa shape index (κ1) is 11.4. The van der Waals surface area contributed by atoms with Gasteiger partial charge in [0.25, 0.3) is 0 Å². The summed E-state index contributed by atoms with van der Waals surface area (Å²) in [5, 5.41) is 3.08. The Balaban J connectivity index is 2.63. The van der Waals surface area contributed by atoms with Crippen molar-refractivity contribution < 1.29 is 4.39 Å². The van der Waals surface area contributed by atoms with Crippen molar-refractivity contribution in [3.8, 4) is 11.3 Å². The largest absolute Gasteiger partial charge is 0.397 e. The van der Waals surface area contributed by atoms with E-state index in [1.165, 1.54) is 6.07 Å². The number of nitrogens with two attached hydrogens (primary N) is 1. The predicted molar refractivity (Wildman–Crippen MR) is 68.2 cm³/mol. The highest BCUT2D eigenvalue weighted by molar-refractivity contribution is 5.85. The molecule has 0 unspecified atom stereocenters. The molecule has 1 aromatic carbocycles. The molecule has 0 saturated heterocycles. The van der Waals surface area contributed by atoms with Gasteiger partial charge in [0.2, 0.25) is 0 Å². The van der Waals surface area contributed by atoms with Crippen molar-refractivity contribution in [2.45, 2.75) is 6.92 Å². The molecule has 1 heterocycles. The molecular formula is C13H14FN3. The van der Waals surface area contributed by atoms with E-state index in [-0.39, 0.29) is 5.82 Å². The van der Waals surface area contributed by atoms with E-state index in [0.29, 0.717) is 29.2 Å². The summed E-state index contributed by atoms with van der Waals surface area (Å²) in [7, 11) is 0. The van der Waals surface area contributed by atoms with Crippen LogP contribution in [0.4, 0.5) is 15.8 Å². The monoisotopic (exact) mass is 231 g/mol. The zero-order chi connectivity index (χ0) is 12.3. The van der Waals surface area contributed by atoms with E-state index in [2.05, 4.69) is 10.3 Å². The number of hydrogen-bond acceptors (Lipinski definition) is 3. The average Bonchev–Trinajstić information content (AvgIpc) is 2.35. The molecule has 88 valence electrons. The van der Waals surface area contributed by atoms with Crippen LogP contribution in [0.25, 0.3) is 11.3 Å². The van der Waals surface area contributed by atoms with E-state index in [1.807, 2.05) is 13.0 Å². The van der Waals surface area contributed by atoms with Gasteiger partial charge in [-0.15, -0.1) is 0 Å². The van der Waals surface area contributed by atoms with Gasteiger partial charge in [0, 0.05) is 12.7 Å². The SMILES string of the molecule is CCNc1c(N)ccc(F)c1-c1ccccn1. The minimum atomic E-state index is -0.325. The van der Waals surface area contributed by atoms with Crippen LogP contribution >= 0.6 is 0 Å². The first-order chi connectivity index (χ1) is 8.24. The third-order valence-corrected chi connectivity index (χ3v) is 2.46. The standard InChI is InChI=1S/C13H14FN3/c1-2-16-13-10(15)7-6-9(14)12(13)11-5-3-4-8-17-11/h3-8,16H,2,15H2,1H3. The Kier molecular flexibility index (Phi) is 3.23. The maximum absolute atomic E-state index is 13.9. The predicted octanol–water partition coefficient (Wildman–Crippen LogP) is 2.90. The van der Waals surface area contributed by atoms with Gasteiger partial charge >= 0.3 is 0 Å². The number of hydrogen-bond donors (Lipinski definition) is 2. The molecule has 4 heteroatoms. The lowest BCUT2D eigenvalue weighted by molar-refractivity contribution is 0.631.